The van der Waals surface area contributed by atoms with Gasteiger partial charge in [0.15, 0.2) is 0 Å². The molecule has 4 heteroatoms. The molecule has 0 bridgehead atoms. The van der Waals surface area contributed by atoms with Crippen LogP contribution in [0.25, 0.3) is 0 Å². The number of amides is 1. The van der Waals surface area contributed by atoms with Gasteiger partial charge in [0, 0.05) is 26.1 Å². The van der Waals surface area contributed by atoms with Crippen molar-refractivity contribution in [2.45, 2.75) is 31.8 Å². The topological polar surface area (TPSA) is 44.4 Å². The Morgan fingerprint density at radius 1 is 1.43 bits per heavy atom. The summed E-state index contributed by atoms with van der Waals surface area (Å²) in [5.41, 5.74) is -0.0823. The highest BCUT2D eigenvalue weighted by Crippen LogP contribution is 2.21. The van der Waals surface area contributed by atoms with E-state index in [0.717, 1.165) is 39.0 Å². The molecule has 14 heavy (non-hydrogen) atoms. The van der Waals surface area contributed by atoms with Gasteiger partial charge >= 0.3 is 0 Å². The van der Waals surface area contributed by atoms with Crippen molar-refractivity contribution in [3.8, 4) is 0 Å². The van der Waals surface area contributed by atoms with Crippen molar-refractivity contribution in [1.82, 2.24) is 15.5 Å². The molecule has 2 rings (SSSR count). The molecule has 0 aromatic rings. The third kappa shape index (κ3) is 1.91. The van der Waals surface area contributed by atoms with Gasteiger partial charge in [0.05, 0.1) is 5.66 Å². The van der Waals surface area contributed by atoms with Gasteiger partial charge in [-0.2, -0.15) is 0 Å². The normalized spacial score (nSPS) is 27.6. The van der Waals surface area contributed by atoms with E-state index in [4.69, 9.17) is 0 Å². The van der Waals surface area contributed by atoms with E-state index in [1.807, 2.05) is 0 Å². The van der Waals surface area contributed by atoms with Crippen LogP contribution in [0.3, 0.4) is 0 Å². The fourth-order valence-corrected chi connectivity index (χ4v) is 2.34. The first-order valence-electron chi connectivity index (χ1n) is 5.52. The van der Waals surface area contributed by atoms with Crippen LogP contribution in [0, 0.1) is 0 Å². The second-order valence-corrected chi connectivity index (χ2v) is 4.24. The largest absolute Gasteiger partial charge is 0.338 e. The average molecular weight is 197 g/mol. The molecule has 2 N–H and O–H groups in total. The number of hydrogen-bond donors (Lipinski definition) is 2. The first-order chi connectivity index (χ1) is 6.74. The van der Waals surface area contributed by atoms with E-state index in [0.29, 0.717) is 6.42 Å². The van der Waals surface area contributed by atoms with Crippen molar-refractivity contribution < 1.29 is 4.79 Å². The number of nitrogens with one attached hydrogen (secondary N) is 2. The van der Waals surface area contributed by atoms with Crippen molar-refractivity contribution in [2.24, 2.45) is 0 Å². The summed E-state index contributed by atoms with van der Waals surface area (Å²) < 4.78 is 0. The summed E-state index contributed by atoms with van der Waals surface area (Å²) in [6.07, 6.45) is 2.69. The fourth-order valence-electron chi connectivity index (χ4n) is 2.34. The van der Waals surface area contributed by atoms with Crippen LogP contribution in [-0.4, -0.2) is 42.6 Å². The summed E-state index contributed by atoms with van der Waals surface area (Å²) in [4.78, 5) is 13.7. The van der Waals surface area contributed by atoms with E-state index in [9.17, 15) is 4.79 Å². The van der Waals surface area contributed by atoms with Gasteiger partial charge in [-0.3, -0.25) is 10.1 Å². The Balaban J connectivity index is 1.94. The van der Waals surface area contributed by atoms with E-state index in [-0.39, 0.29) is 11.6 Å². The molecule has 0 saturated carbocycles. The summed E-state index contributed by atoms with van der Waals surface area (Å²) in [5, 5.41) is 6.55. The maximum absolute atomic E-state index is 11.3. The molecule has 0 aromatic heterocycles. The summed E-state index contributed by atoms with van der Waals surface area (Å²) in [6, 6.07) is 0. The van der Waals surface area contributed by atoms with E-state index >= 15 is 0 Å². The predicted octanol–water partition coefficient (Wildman–Crippen LogP) is -0.0921. The van der Waals surface area contributed by atoms with Gasteiger partial charge in [-0.15, -0.1) is 0 Å². The number of nitrogens with zero attached hydrogens (tertiary/aromatic N) is 1. The predicted molar refractivity (Wildman–Crippen MR) is 54.8 cm³/mol. The highest BCUT2D eigenvalue weighted by atomic mass is 16.2. The lowest BCUT2D eigenvalue weighted by atomic mass is 9.94. The van der Waals surface area contributed by atoms with Crippen LogP contribution >= 0.6 is 0 Å². The molecule has 4 nitrogen and oxygen atoms in total. The van der Waals surface area contributed by atoms with Gasteiger partial charge in [0.1, 0.15) is 0 Å². The second kappa shape index (κ2) is 3.87. The van der Waals surface area contributed by atoms with Crippen molar-refractivity contribution in [3.05, 3.63) is 0 Å². The molecule has 2 fully saturated rings. The molecular weight excluding hydrogens is 178 g/mol. The molecular formula is C10H19N3O. The molecule has 80 valence electrons. The average Bonchev–Trinajstić information content (AvgIpc) is 2.19. The third-order valence-electron chi connectivity index (χ3n) is 3.35. The smallest absolute Gasteiger partial charge is 0.222 e. The SMILES string of the molecule is CCN1CCC2(CC1)NCCC(=O)N2. The van der Waals surface area contributed by atoms with Crippen LogP contribution < -0.4 is 10.6 Å². The lowest BCUT2D eigenvalue weighted by Crippen LogP contribution is -2.66. The van der Waals surface area contributed by atoms with Crippen molar-refractivity contribution in [3.63, 3.8) is 0 Å². The first kappa shape index (κ1) is 9.93. The molecule has 2 aliphatic heterocycles. The lowest BCUT2D eigenvalue weighted by Gasteiger charge is -2.44. The Morgan fingerprint density at radius 3 is 2.71 bits per heavy atom. The maximum Gasteiger partial charge on any atom is 0.222 e. The number of rotatable bonds is 1. The van der Waals surface area contributed by atoms with Gasteiger partial charge in [0.2, 0.25) is 5.91 Å². The Kier molecular flexibility index (Phi) is 2.74. The minimum Gasteiger partial charge on any atom is -0.338 e. The van der Waals surface area contributed by atoms with E-state index in [1.165, 1.54) is 0 Å². The molecule has 0 aliphatic carbocycles. The standard InChI is InChI=1S/C10H19N3O/c1-2-13-7-4-10(5-8-13)11-6-3-9(14)12-10/h11H,2-8H2,1H3,(H,12,14). The summed E-state index contributed by atoms with van der Waals surface area (Å²) in [5.74, 6) is 0.202. The zero-order valence-corrected chi connectivity index (χ0v) is 8.81. The molecule has 1 amide bonds. The van der Waals surface area contributed by atoms with Gasteiger partial charge in [-0.25, -0.2) is 0 Å². The van der Waals surface area contributed by atoms with E-state index in [1.54, 1.807) is 0 Å². The van der Waals surface area contributed by atoms with Crippen LogP contribution in [0.4, 0.5) is 0 Å². The highest BCUT2D eigenvalue weighted by Gasteiger charge is 2.37. The Labute approximate surface area is 85.0 Å². The second-order valence-electron chi connectivity index (χ2n) is 4.24. The van der Waals surface area contributed by atoms with E-state index < -0.39 is 0 Å². The first-order valence-corrected chi connectivity index (χ1v) is 5.52. The van der Waals surface area contributed by atoms with Gasteiger partial charge in [-0.05, 0) is 19.4 Å². The summed E-state index contributed by atoms with van der Waals surface area (Å²) >= 11 is 0. The van der Waals surface area contributed by atoms with Crippen LogP contribution in [-0.2, 0) is 4.79 Å². The number of hydrogen-bond acceptors (Lipinski definition) is 3. The highest BCUT2D eigenvalue weighted by molar-refractivity contribution is 5.77. The minimum absolute atomic E-state index is 0.0823. The van der Waals surface area contributed by atoms with Gasteiger partial charge in [-0.1, -0.05) is 6.92 Å². The number of likely N-dealkylation sites (tertiary alicyclic amines) is 1. The summed E-state index contributed by atoms with van der Waals surface area (Å²) in [6.45, 7) is 6.31. The molecule has 2 saturated heterocycles. The van der Waals surface area contributed by atoms with Crippen LogP contribution in [0.2, 0.25) is 0 Å². The molecule has 0 radical (unpaired) electrons. The fraction of sp³-hybridized carbons (Fsp3) is 0.900. The van der Waals surface area contributed by atoms with Crippen molar-refractivity contribution in [1.29, 1.82) is 0 Å². The zero-order valence-electron chi connectivity index (χ0n) is 8.81. The Morgan fingerprint density at radius 2 is 2.14 bits per heavy atom. The third-order valence-corrected chi connectivity index (χ3v) is 3.35. The number of carbonyl (C=O) groups excluding carboxylic acids is 1. The molecule has 0 aromatic carbocycles. The zero-order chi connectivity index (χ0) is 10.0. The quantitative estimate of drug-likeness (QED) is 0.617. The van der Waals surface area contributed by atoms with Crippen LogP contribution in [0.1, 0.15) is 26.2 Å². The van der Waals surface area contributed by atoms with Gasteiger partial charge < -0.3 is 10.2 Å². The molecule has 1 spiro atoms. The van der Waals surface area contributed by atoms with Crippen molar-refractivity contribution in [2.75, 3.05) is 26.2 Å². The number of piperidine rings is 1. The maximum atomic E-state index is 11.3. The Bertz CT molecular complexity index is 221. The van der Waals surface area contributed by atoms with Crippen LogP contribution in [0.15, 0.2) is 0 Å². The van der Waals surface area contributed by atoms with E-state index in [2.05, 4.69) is 22.5 Å². The minimum atomic E-state index is -0.0823. The summed E-state index contributed by atoms with van der Waals surface area (Å²) in [7, 11) is 0. The molecule has 0 unspecified atom stereocenters. The van der Waals surface area contributed by atoms with Gasteiger partial charge in [0.25, 0.3) is 0 Å². The lowest BCUT2D eigenvalue weighted by molar-refractivity contribution is -0.126. The molecule has 0 atom stereocenters. The molecule has 2 aliphatic rings. The monoisotopic (exact) mass is 197 g/mol. The molecule has 2 heterocycles. The number of carbonyl (C=O) groups is 1. The van der Waals surface area contributed by atoms with Crippen molar-refractivity contribution >= 4 is 5.91 Å². The van der Waals surface area contributed by atoms with Crippen LogP contribution in [0.5, 0.6) is 0 Å². The Hall–Kier alpha value is -0.610.